The monoisotopic (exact) mass is 473 g/mol. The summed E-state index contributed by atoms with van der Waals surface area (Å²) in [6, 6.07) is 7.57. The van der Waals surface area contributed by atoms with Crippen molar-refractivity contribution in [2.75, 3.05) is 0 Å². The fourth-order valence-corrected chi connectivity index (χ4v) is 6.23. The summed E-state index contributed by atoms with van der Waals surface area (Å²) in [7, 11) is 0. The number of nitrogens with zero attached hydrogens (tertiary/aromatic N) is 7. The van der Waals surface area contributed by atoms with Crippen LogP contribution < -0.4 is 0 Å². The van der Waals surface area contributed by atoms with Crippen molar-refractivity contribution in [2.45, 2.75) is 58.3 Å². The van der Waals surface area contributed by atoms with Crippen LogP contribution in [0.15, 0.2) is 36.5 Å². The molecule has 4 aromatic rings. The lowest BCUT2D eigenvalue weighted by Crippen LogP contribution is -2.38. The number of hydrogen-bond donors (Lipinski definition) is 0. The molecule has 9 heteroatoms. The van der Waals surface area contributed by atoms with E-state index in [1.54, 1.807) is 10.9 Å². The van der Waals surface area contributed by atoms with E-state index in [2.05, 4.69) is 39.1 Å². The van der Waals surface area contributed by atoms with E-state index in [1.165, 1.54) is 18.2 Å². The van der Waals surface area contributed by atoms with E-state index < -0.39 is 17.0 Å². The molecule has 2 aliphatic carbocycles. The van der Waals surface area contributed by atoms with Gasteiger partial charge in [0.2, 0.25) is 0 Å². The third-order valence-corrected chi connectivity index (χ3v) is 8.00. The van der Waals surface area contributed by atoms with Crippen LogP contribution in [0.5, 0.6) is 0 Å². The van der Waals surface area contributed by atoms with Crippen LogP contribution in [0.25, 0.3) is 17.2 Å². The van der Waals surface area contributed by atoms with Gasteiger partial charge >= 0.3 is 0 Å². The molecule has 0 saturated heterocycles. The lowest BCUT2D eigenvalue weighted by molar-refractivity contribution is 0.242. The Balaban J connectivity index is 1.51. The minimum Gasteiger partial charge on any atom is -0.220 e. The molecule has 2 bridgehead atoms. The first-order chi connectivity index (χ1) is 16.8. The summed E-state index contributed by atoms with van der Waals surface area (Å²) >= 11 is 0. The van der Waals surface area contributed by atoms with Crippen molar-refractivity contribution in [1.82, 2.24) is 34.9 Å². The molecule has 0 N–H and O–H groups in total. The highest BCUT2D eigenvalue weighted by Crippen LogP contribution is 2.69. The number of fused-ring (bicyclic) bond motifs is 5. The molecule has 0 amide bonds. The van der Waals surface area contributed by atoms with E-state index in [9.17, 15) is 8.78 Å². The number of aromatic nitrogens is 7. The molecule has 3 heterocycles. The van der Waals surface area contributed by atoms with E-state index in [1.807, 2.05) is 26.0 Å². The Hall–Kier alpha value is -3.62. The molecule has 0 unspecified atom stereocenters. The number of benzene rings is 1. The molecule has 1 saturated carbocycles. The van der Waals surface area contributed by atoms with Gasteiger partial charge < -0.3 is 0 Å². The number of rotatable bonds is 4. The predicted molar refractivity (Wildman–Crippen MR) is 125 cm³/mol. The van der Waals surface area contributed by atoms with E-state index in [0.29, 0.717) is 5.95 Å². The average molecular weight is 474 g/mol. The quantitative estimate of drug-likeness (QED) is 0.421. The van der Waals surface area contributed by atoms with Crippen LogP contribution >= 0.6 is 0 Å². The third kappa shape index (κ3) is 2.87. The lowest BCUT2D eigenvalue weighted by atomic mass is 9.66. The van der Waals surface area contributed by atoms with Gasteiger partial charge in [0.1, 0.15) is 17.5 Å². The predicted octanol–water partition coefficient (Wildman–Crippen LogP) is 4.87. The Kier molecular flexibility index (Phi) is 4.65. The van der Waals surface area contributed by atoms with Gasteiger partial charge in [0.15, 0.2) is 5.82 Å². The molecule has 2 aliphatic rings. The van der Waals surface area contributed by atoms with Crippen LogP contribution in [-0.2, 0) is 11.8 Å². The zero-order valence-corrected chi connectivity index (χ0v) is 20.0. The molecule has 0 radical (unpaired) electrons. The smallest absolute Gasteiger partial charge is 0.220 e. The Morgan fingerprint density at radius 2 is 1.86 bits per heavy atom. The van der Waals surface area contributed by atoms with Crippen LogP contribution in [0.2, 0.25) is 0 Å². The second kappa shape index (κ2) is 7.44. The lowest BCUT2D eigenvalue weighted by Gasteiger charge is -2.37. The second-order valence-electron chi connectivity index (χ2n) is 9.93. The van der Waals surface area contributed by atoms with Crippen LogP contribution in [0.4, 0.5) is 8.78 Å². The molecule has 0 spiro atoms. The minimum absolute atomic E-state index is 0.143. The van der Waals surface area contributed by atoms with Crippen molar-refractivity contribution in [3.05, 3.63) is 76.8 Å². The van der Waals surface area contributed by atoms with E-state index in [0.717, 1.165) is 47.9 Å². The highest BCUT2D eigenvalue weighted by Gasteiger charge is 2.65. The Morgan fingerprint density at radius 1 is 1.09 bits per heavy atom. The van der Waals surface area contributed by atoms with Crippen molar-refractivity contribution in [2.24, 2.45) is 5.41 Å². The van der Waals surface area contributed by atoms with Gasteiger partial charge in [0, 0.05) is 12.6 Å². The summed E-state index contributed by atoms with van der Waals surface area (Å²) in [5.74, 6) is 0.800. The topological polar surface area (TPSA) is 82.3 Å². The first kappa shape index (κ1) is 21.9. The van der Waals surface area contributed by atoms with Crippen LogP contribution in [0, 0.1) is 24.0 Å². The molecule has 178 valence electrons. The van der Waals surface area contributed by atoms with Crippen LogP contribution in [0.1, 0.15) is 68.1 Å². The Labute approximate surface area is 201 Å². The van der Waals surface area contributed by atoms with Gasteiger partial charge in [-0.2, -0.15) is 9.78 Å². The van der Waals surface area contributed by atoms with Gasteiger partial charge in [-0.15, -0.1) is 10.2 Å². The van der Waals surface area contributed by atoms with E-state index >= 15 is 0 Å². The van der Waals surface area contributed by atoms with Gasteiger partial charge in [0.25, 0.3) is 5.95 Å². The summed E-state index contributed by atoms with van der Waals surface area (Å²) in [4.78, 5) is 13.9. The maximum absolute atomic E-state index is 14.5. The molecule has 3 aromatic heterocycles. The summed E-state index contributed by atoms with van der Waals surface area (Å²) in [5, 5.41) is 13.5. The van der Waals surface area contributed by atoms with Gasteiger partial charge in [-0.25, -0.2) is 23.7 Å². The maximum Gasteiger partial charge on any atom is 0.252 e. The zero-order chi connectivity index (χ0) is 24.5. The molecular formula is C26H25F2N7. The number of aryl methyl sites for hydroxylation is 2. The van der Waals surface area contributed by atoms with Crippen molar-refractivity contribution in [3.63, 3.8) is 0 Å². The fourth-order valence-electron chi connectivity index (χ4n) is 6.23. The molecule has 1 aromatic carbocycles. The summed E-state index contributed by atoms with van der Waals surface area (Å²) in [5.41, 5.74) is 2.01. The third-order valence-electron chi connectivity index (χ3n) is 8.00. The number of hydrogen-bond acceptors (Lipinski definition) is 6. The molecule has 6 rings (SSSR count). The number of halogens is 2. The van der Waals surface area contributed by atoms with Crippen molar-refractivity contribution < 1.29 is 8.78 Å². The van der Waals surface area contributed by atoms with Gasteiger partial charge in [-0.05, 0) is 60.9 Å². The first-order valence-electron chi connectivity index (χ1n) is 11.9. The summed E-state index contributed by atoms with van der Waals surface area (Å²) in [6.07, 6.45) is 4.25. The Bertz CT molecular complexity index is 1460. The molecule has 0 aliphatic heterocycles. The van der Waals surface area contributed by atoms with Gasteiger partial charge in [-0.1, -0.05) is 26.8 Å². The highest BCUT2D eigenvalue weighted by molar-refractivity contribution is 5.64. The highest BCUT2D eigenvalue weighted by atomic mass is 19.1. The molecule has 2 atom stereocenters. The molecule has 7 nitrogen and oxygen atoms in total. The van der Waals surface area contributed by atoms with Gasteiger partial charge in [0.05, 0.1) is 28.1 Å². The largest absolute Gasteiger partial charge is 0.252 e. The second-order valence-corrected chi connectivity index (χ2v) is 9.93. The first-order valence-corrected chi connectivity index (χ1v) is 11.9. The minimum atomic E-state index is -0.647. The van der Waals surface area contributed by atoms with E-state index in [4.69, 9.17) is 4.98 Å². The fraction of sp³-hybridized carbons (Fsp3) is 0.385. The zero-order valence-electron chi connectivity index (χ0n) is 20.0. The normalized spacial score (nSPS) is 21.9. The summed E-state index contributed by atoms with van der Waals surface area (Å²) in [6.45, 7) is 8.32. The van der Waals surface area contributed by atoms with Crippen molar-refractivity contribution in [1.29, 1.82) is 0 Å². The maximum atomic E-state index is 14.5. The van der Waals surface area contributed by atoms with Crippen molar-refractivity contribution >= 4 is 0 Å². The van der Waals surface area contributed by atoms with Crippen LogP contribution in [0.3, 0.4) is 0 Å². The Morgan fingerprint density at radius 3 is 2.57 bits per heavy atom. The molecule has 1 fully saturated rings. The molecular weight excluding hydrogens is 448 g/mol. The van der Waals surface area contributed by atoms with Crippen LogP contribution in [-0.4, -0.2) is 34.9 Å². The average Bonchev–Trinajstić information content (AvgIpc) is 3.42. The SMILES string of the molecule is CCc1nc(C)n(-c2nccc([C@@]34CC[C@@H](c5cc(-c6c(F)cccc6F)nnc53)C4(C)C)n2)n1. The van der Waals surface area contributed by atoms with E-state index in [-0.39, 0.29) is 22.6 Å². The molecule has 35 heavy (non-hydrogen) atoms. The van der Waals surface area contributed by atoms with Crippen molar-refractivity contribution in [3.8, 4) is 17.2 Å². The summed E-state index contributed by atoms with van der Waals surface area (Å²) < 4.78 is 30.7. The standard InChI is InChI=1S/C26H25F2N7/c1-5-21-30-14(2)35(34-21)24-29-12-10-20(31-24)26-11-9-16(25(26,3)4)15-13-19(32-33-23(15)26)22-17(27)7-6-8-18(22)28/h6-8,10,12-13,16H,5,9,11H2,1-4H3/t16-,26-/m0/s1. The van der Waals surface area contributed by atoms with Gasteiger partial charge in [-0.3, -0.25) is 0 Å².